The number of carbonyl (C=O) groups is 1. The Kier molecular flexibility index (Phi) is 7.60. The summed E-state index contributed by atoms with van der Waals surface area (Å²) in [6.07, 6.45) is 0. The molecule has 0 unspecified atom stereocenters. The first-order valence-electron chi connectivity index (χ1n) is 9.21. The third kappa shape index (κ3) is 6.07. The van der Waals surface area contributed by atoms with Crippen LogP contribution < -0.4 is 10.1 Å². The predicted molar refractivity (Wildman–Crippen MR) is 112 cm³/mol. The Bertz CT molecular complexity index is 909. The highest BCUT2D eigenvalue weighted by molar-refractivity contribution is 7.91. The Balaban J connectivity index is 1.95. The molecule has 0 aliphatic carbocycles. The highest BCUT2D eigenvalue weighted by Crippen LogP contribution is 2.18. The third-order valence-corrected chi connectivity index (χ3v) is 6.37. The van der Waals surface area contributed by atoms with E-state index in [4.69, 9.17) is 4.74 Å². The fourth-order valence-electron chi connectivity index (χ4n) is 2.83. The van der Waals surface area contributed by atoms with Gasteiger partial charge in [-0.15, -0.1) is 0 Å². The number of aryl methyl sites for hydroxylation is 2. The van der Waals surface area contributed by atoms with Crippen LogP contribution in [0.3, 0.4) is 0 Å². The van der Waals surface area contributed by atoms with Crippen molar-refractivity contribution in [2.24, 2.45) is 0 Å². The van der Waals surface area contributed by atoms with E-state index in [0.29, 0.717) is 29.4 Å². The molecule has 1 N–H and O–H groups in total. The van der Waals surface area contributed by atoms with Crippen molar-refractivity contribution < 1.29 is 17.9 Å². The van der Waals surface area contributed by atoms with Crippen LogP contribution in [0.2, 0.25) is 0 Å². The van der Waals surface area contributed by atoms with Gasteiger partial charge in [-0.2, -0.15) is 0 Å². The summed E-state index contributed by atoms with van der Waals surface area (Å²) in [7, 11) is -1.83. The number of amides is 1. The molecule has 0 fully saturated rings. The molecule has 0 aromatic heterocycles. The van der Waals surface area contributed by atoms with Crippen molar-refractivity contribution in [1.82, 2.24) is 4.90 Å². The first kappa shape index (κ1) is 21.9. The molecule has 7 heteroatoms. The Hall–Kier alpha value is -2.38. The second-order valence-corrected chi connectivity index (χ2v) is 8.81. The summed E-state index contributed by atoms with van der Waals surface area (Å²) in [5.74, 6) is 0.502. The molecule has 0 aliphatic rings. The summed E-state index contributed by atoms with van der Waals surface area (Å²) in [5, 5.41) is 2.82. The first-order valence-corrected chi connectivity index (χ1v) is 10.9. The second kappa shape index (κ2) is 9.71. The molecule has 0 saturated heterocycles. The number of sulfone groups is 1. The van der Waals surface area contributed by atoms with Crippen molar-refractivity contribution in [1.29, 1.82) is 0 Å². The molecule has 0 bridgehead atoms. The van der Waals surface area contributed by atoms with Crippen molar-refractivity contribution in [2.75, 3.05) is 37.8 Å². The zero-order chi connectivity index (χ0) is 20.7. The Morgan fingerprint density at radius 2 is 1.79 bits per heavy atom. The SMILES string of the molecule is CCN(CCS(=O)(=O)c1cc(C)ccc1C)CC(=O)Nc1ccc(OC)cc1. The van der Waals surface area contributed by atoms with Gasteiger partial charge in [0.1, 0.15) is 5.75 Å². The lowest BCUT2D eigenvalue weighted by Crippen LogP contribution is -2.36. The summed E-state index contributed by atoms with van der Waals surface area (Å²) in [6, 6.07) is 12.5. The zero-order valence-corrected chi connectivity index (χ0v) is 17.7. The van der Waals surface area contributed by atoms with Gasteiger partial charge in [-0.25, -0.2) is 8.42 Å². The van der Waals surface area contributed by atoms with Gasteiger partial charge in [0.15, 0.2) is 9.84 Å². The largest absolute Gasteiger partial charge is 0.497 e. The number of methoxy groups -OCH3 is 1. The van der Waals surface area contributed by atoms with Crippen molar-refractivity contribution in [3.8, 4) is 5.75 Å². The average Bonchev–Trinajstić information content (AvgIpc) is 2.67. The summed E-state index contributed by atoms with van der Waals surface area (Å²) in [4.78, 5) is 14.5. The van der Waals surface area contributed by atoms with Crippen molar-refractivity contribution >= 4 is 21.4 Å². The number of rotatable bonds is 9. The lowest BCUT2D eigenvalue weighted by Gasteiger charge is -2.20. The van der Waals surface area contributed by atoms with Crippen LogP contribution in [-0.2, 0) is 14.6 Å². The highest BCUT2D eigenvalue weighted by atomic mass is 32.2. The topological polar surface area (TPSA) is 75.7 Å². The Morgan fingerprint density at radius 3 is 2.39 bits per heavy atom. The smallest absolute Gasteiger partial charge is 0.238 e. The van der Waals surface area contributed by atoms with Gasteiger partial charge in [-0.05, 0) is 61.9 Å². The third-order valence-electron chi connectivity index (χ3n) is 4.54. The van der Waals surface area contributed by atoms with Crippen LogP contribution >= 0.6 is 0 Å². The van der Waals surface area contributed by atoms with Crippen molar-refractivity contribution in [3.05, 3.63) is 53.6 Å². The van der Waals surface area contributed by atoms with Crippen LogP contribution in [0.15, 0.2) is 47.4 Å². The lowest BCUT2D eigenvalue weighted by molar-refractivity contribution is -0.117. The van der Waals surface area contributed by atoms with Crippen LogP contribution in [-0.4, -0.2) is 51.7 Å². The van der Waals surface area contributed by atoms with Gasteiger partial charge in [-0.1, -0.05) is 19.1 Å². The minimum Gasteiger partial charge on any atom is -0.497 e. The number of carbonyl (C=O) groups excluding carboxylic acids is 1. The maximum Gasteiger partial charge on any atom is 0.238 e. The molecule has 0 spiro atoms. The number of nitrogens with zero attached hydrogens (tertiary/aromatic N) is 1. The van der Waals surface area contributed by atoms with Crippen molar-refractivity contribution in [2.45, 2.75) is 25.7 Å². The van der Waals surface area contributed by atoms with Crippen LogP contribution in [0.4, 0.5) is 5.69 Å². The Labute approximate surface area is 167 Å². The normalized spacial score (nSPS) is 11.5. The number of hydrogen-bond acceptors (Lipinski definition) is 5. The summed E-state index contributed by atoms with van der Waals surface area (Å²) >= 11 is 0. The Morgan fingerprint density at radius 1 is 1.11 bits per heavy atom. The molecular formula is C21H28N2O4S. The maximum atomic E-state index is 12.7. The molecule has 28 heavy (non-hydrogen) atoms. The van der Waals surface area contributed by atoms with Gasteiger partial charge in [0, 0.05) is 12.2 Å². The van der Waals surface area contributed by atoms with E-state index < -0.39 is 9.84 Å². The number of benzene rings is 2. The number of anilines is 1. The van der Waals surface area contributed by atoms with Gasteiger partial charge in [0.05, 0.1) is 24.3 Å². The van der Waals surface area contributed by atoms with E-state index in [9.17, 15) is 13.2 Å². The van der Waals surface area contributed by atoms with Crippen molar-refractivity contribution in [3.63, 3.8) is 0 Å². The van der Waals surface area contributed by atoms with Crippen LogP contribution in [0.1, 0.15) is 18.1 Å². The molecule has 2 rings (SSSR count). The molecular weight excluding hydrogens is 376 g/mol. The van der Waals surface area contributed by atoms with Crippen LogP contribution in [0.25, 0.3) is 0 Å². The molecule has 2 aromatic rings. The average molecular weight is 405 g/mol. The molecule has 152 valence electrons. The standard InChI is InChI=1S/C21H28N2O4S/c1-5-23(15-21(24)22-18-8-10-19(27-4)11-9-18)12-13-28(25,26)20-14-16(2)6-7-17(20)3/h6-11,14H,5,12-13,15H2,1-4H3,(H,22,24). The molecule has 0 heterocycles. The number of likely N-dealkylation sites (N-methyl/N-ethyl adjacent to an activating group) is 1. The van der Waals surface area contributed by atoms with Gasteiger partial charge in [-0.3, -0.25) is 9.69 Å². The molecule has 1 amide bonds. The number of hydrogen-bond donors (Lipinski definition) is 1. The lowest BCUT2D eigenvalue weighted by atomic mass is 10.2. The second-order valence-electron chi connectivity index (χ2n) is 6.73. The molecule has 6 nitrogen and oxygen atoms in total. The van der Waals surface area contributed by atoms with Gasteiger partial charge >= 0.3 is 0 Å². The molecule has 2 aromatic carbocycles. The monoisotopic (exact) mass is 404 g/mol. The quantitative estimate of drug-likeness (QED) is 0.695. The fourth-order valence-corrected chi connectivity index (χ4v) is 4.47. The number of nitrogens with one attached hydrogen (secondary N) is 1. The minimum atomic E-state index is -3.41. The summed E-state index contributed by atoms with van der Waals surface area (Å²) in [6.45, 7) is 6.59. The minimum absolute atomic E-state index is 0.0268. The van der Waals surface area contributed by atoms with Crippen LogP contribution in [0.5, 0.6) is 5.75 Å². The predicted octanol–water partition coefficient (Wildman–Crippen LogP) is 3.05. The molecule has 0 saturated carbocycles. The van der Waals surface area contributed by atoms with Gasteiger partial charge < -0.3 is 10.1 Å². The van der Waals surface area contributed by atoms with Gasteiger partial charge in [0.25, 0.3) is 0 Å². The van der Waals surface area contributed by atoms with E-state index in [1.165, 1.54) is 0 Å². The molecule has 0 atom stereocenters. The first-order chi connectivity index (χ1) is 13.2. The van der Waals surface area contributed by atoms with Crippen LogP contribution in [0, 0.1) is 13.8 Å². The summed E-state index contributed by atoms with van der Waals surface area (Å²) < 4.78 is 30.5. The summed E-state index contributed by atoms with van der Waals surface area (Å²) in [5.41, 5.74) is 2.33. The molecule has 0 radical (unpaired) electrons. The van der Waals surface area contributed by atoms with Gasteiger partial charge in [0.2, 0.25) is 5.91 Å². The zero-order valence-electron chi connectivity index (χ0n) is 16.9. The van der Waals surface area contributed by atoms with E-state index in [1.807, 2.05) is 30.9 Å². The van der Waals surface area contributed by atoms with E-state index >= 15 is 0 Å². The number of ether oxygens (including phenoxy) is 1. The molecule has 0 aliphatic heterocycles. The van der Waals surface area contributed by atoms with E-state index in [2.05, 4.69) is 5.32 Å². The van der Waals surface area contributed by atoms with E-state index in [-0.39, 0.29) is 18.2 Å². The highest BCUT2D eigenvalue weighted by Gasteiger charge is 2.19. The maximum absolute atomic E-state index is 12.7. The van der Waals surface area contributed by atoms with E-state index in [1.54, 1.807) is 44.4 Å². The van der Waals surface area contributed by atoms with E-state index in [0.717, 1.165) is 11.1 Å². The fraction of sp³-hybridized carbons (Fsp3) is 0.381.